The zero-order valence-electron chi connectivity index (χ0n) is 24.2. The Morgan fingerprint density at radius 3 is 1.81 bits per heavy atom. The van der Waals surface area contributed by atoms with Gasteiger partial charge in [0.1, 0.15) is 6.79 Å². The van der Waals surface area contributed by atoms with Crippen molar-refractivity contribution in [2.75, 3.05) is 13.9 Å². The molecule has 2 rings (SSSR count). The molecule has 0 spiro atoms. The van der Waals surface area contributed by atoms with E-state index in [0.29, 0.717) is 0 Å². The van der Waals surface area contributed by atoms with Gasteiger partial charge in [-0.25, -0.2) is 0 Å². The van der Waals surface area contributed by atoms with Crippen LogP contribution in [0.25, 0.3) is 0 Å². The van der Waals surface area contributed by atoms with Crippen molar-refractivity contribution >= 4 is 18.7 Å². The van der Waals surface area contributed by atoms with Gasteiger partial charge in [0.2, 0.25) is 0 Å². The number of unbranched alkanes of at least 4 members (excludes halogenated alkanes) is 6. The van der Waals surface area contributed by atoms with Crippen LogP contribution < -0.4 is 10.4 Å². The molecular weight excluding hydrogens is 472 g/mol. The Balaban J connectivity index is 2.33. The average Bonchev–Trinajstić information content (AvgIpc) is 2.91. The van der Waals surface area contributed by atoms with Crippen molar-refractivity contribution < 1.29 is 13.9 Å². The average molecular weight is 525 g/mol. The summed E-state index contributed by atoms with van der Waals surface area (Å²) in [6.07, 6.45) is 14.1. The van der Waals surface area contributed by atoms with Gasteiger partial charge in [0.25, 0.3) is 8.32 Å². The highest BCUT2D eigenvalue weighted by Gasteiger charge is 2.51. The first-order chi connectivity index (χ1) is 17.9. The third-order valence-electron chi connectivity index (χ3n) is 7.33. The summed E-state index contributed by atoms with van der Waals surface area (Å²) in [5.41, 5.74) is 0. The quantitative estimate of drug-likeness (QED) is 0.0806. The van der Waals surface area contributed by atoms with Gasteiger partial charge in [-0.05, 0) is 34.7 Å². The highest BCUT2D eigenvalue weighted by molar-refractivity contribution is 6.99. The smallest absolute Gasteiger partial charge is 0.261 e. The van der Waals surface area contributed by atoms with E-state index in [1.165, 1.54) is 55.3 Å². The number of hydrogen-bond acceptors (Lipinski definition) is 3. The fourth-order valence-electron chi connectivity index (χ4n) is 5.31. The van der Waals surface area contributed by atoms with Gasteiger partial charge < -0.3 is 13.9 Å². The second-order valence-corrected chi connectivity index (χ2v) is 15.5. The Morgan fingerprint density at radius 2 is 1.32 bits per heavy atom. The number of methoxy groups -OCH3 is 1. The lowest BCUT2D eigenvalue weighted by Crippen LogP contribution is -2.67. The molecule has 0 saturated heterocycles. The molecule has 2 aromatic carbocycles. The Labute approximate surface area is 228 Å². The van der Waals surface area contributed by atoms with E-state index >= 15 is 0 Å². The van der Waals surface area contributed by atoms with Crippen LogP contribution in [0.1, 0.15) is 91.9 Å². The van der Waals surface area contributed by atoms with Crippen LogP contribution in [-0.2, 0) is 13.9 Å². The molecule has 0 heterocycles. The molecule has 0 aromatic heterocycles. The predicted octanol–water partition coefficient (Wildman–Crippen LogP) is 8.03. The molecule has 0 aliphatic heterocycles. The summed E-state index contributed by atoms with van der Waals surface area (Å²) in [4.78, 5) is 0. The van der Waals surface area contributed by atoms with Gasteiger partial charge in [0.05, 0.1) is 6.10 Å². The molecule has 0 aliphatic rings. The van der Waals surface area contributed by atoms with Gasteiger partial charge in [0.15, 0.2) is 0 Å². The summed E-state index contributed by atoms with van der Waals surface area (Å²) in [5, 5.41) is 2.65. The fourth-order valence-corrected chi connectivity index (χ4v) is 10.1. The minimum atomic E-state index is -2.60. The minimum Gasteiger partial charge on any atom is -0.404 e. The molecule has 0 amide bonds. The van der Waals surface area contributed by atoms with Crippen molar-refractivity contribution in [1.29, 1.82) is 0 Å². The summed E-state index contributed by atoms with van der Waals surface area (Å²) in [5.74, 6) is 0. The van der Waals surface area contributed by atoms with Crippen LogP contribution >= 0.6 is 0 Å². The maximum atomic E-state index is 7.54. The lowest BCUT2D eigenvalue weighted by molar-refractivity contribution is -0.0600. The largest absolute Gasteiger partial charge is 0.404 e. The normalized spacial score (nSPS) is 13.9. The molecule has 0 saturated carbocycles. The Morgan fingerprint density at radius 1 is 0.784 bits per heavy atom. The monoisotopic (exact) mass is 524 g/mol. The van der Waals surface area contributed by atoms with Gasteiger partial charge >= 0.3 is 0 Å². The Bertz CT molecular complexity index is 807. The maximum absolute atomic E-state index is 7.54. The van der Waals surface area contributed by atoms with E-state index in [1.54, 1.807) is 7.11 Å². The van der Waals surface area contributed by atoms with Crippen molar-refractivity contribution in [1.82, 2.24) is 0 Å². The predicted molar refractivity (Wildman–Crippen MR) is 161 cm³/mol. The summed E-state index contributed by atoms with van der Waals surface area (Å²) in [6, 6.07) is 22.0. The molecule has 0 aliphatic carbocycles. The molecule has 4 heteroatoms. The molecule has 0 N–H and O–H groups in total. The molecule has 0 unspecified atom stereocenters. The fraction of sp³-hybridized carbons (Fsp3) is 0.576. The summed E-state index contributed by atoms with van der Waals surface area (Å²) >= 11 is 0. The standard InChI is InChI=1S/C33H52O3Si/c1-7-9-10-11-12-13-16-21-30(27-26-29(8-2)35-28-34-6)36-37(33(3,4)5,31-22-17-14-18-23-31)32-24-19-15-20-25-32/h8,14-15,17-20,22-25,29-30H,2,7,9-13,16,21,26-28H2,1,3-6H3/t29-,30+/m0/s1. The van der Waals surface area contributed by atoms with E-state index in [-0.39, 0.29) is 24.0 Å². The van der Waals surface area contributed by atoms with E-state index in [0.717, 1.165) is 19.3 Å². The van der Waals surface area contributed by atoms with E-state index in [9.17, 15) is 0 Å². The molecule has 3 nitrogen and oxygen atoms in total. The summed E-state index contributed by atoms with van der Waals surface area (Å²) in [6.45, 7) is 13.6. The highest BCUT2D eigenvalue weighted by atomic mass is 28.4. The van der Waals surface area contributed by atoms with E-state index < -0.39 is 8.32 Å². The third-order valence-corrected chi connectivity index (χ3v) is 12.4. The van der Waals surface area contributed by atoms with Crippen molar-refractivity contribution in [2.24, 2.45) is 0 Å². The van der Waals surface area contributed by atoms with Crippen LogP contribution in [-0.4, -0.2) is 34.4 Å². The summed E-state index contributed by atoms with van der Waals surface area (Å²) < 4.78 is 18.5. The molecule has 37 heavy (non-hydrogen) atoms. The second-order valence-electron chi connectivity index (χ2n) is 11.2. The van der Waals surface area contributed by atoms with E-state index in [1.807, 2.05) is 6.08 Å². The number of hydrogen-bond donors (Lipinski definition) is 0. The molecule has 0 fully saturated rings. The van der Waals surface area contributed by atoms with Gasteiger partial charge in [-0.1, -0.05) is 139 Å². The SMILES string of the molecule is C=C[C@@H](CC[C@@H](CCCCCCCCC)O[Si](c1ccccc1)(c1ccccc1)C(C)(C)C)OCOC. The van der Waals surface area contributed by atoms with Crippen molar-refractivity contribution in [3.05, 3.63) is 73.3 Å². The third kappa shape index (κ3) is 9.83. The zero-order valence-corrected chi connectivity index (χ0v) is 25.2. The van der Waals surface area contributed by atoms with Crippen LogP contribution in [0, 0.1) is 0 Å². The first-order valence-corrected chi connectivity index (χ1v) is 16.3. The van der Waals surface area contributed by atoms with Crippen molar-refractivity contribution in [3.8, 4) is 0 Å². The maximum Gasteiger partial charge on any atom is 0.261 e. The van der Waals surface area contributed by atoms with Crippen LogP contribution in [0.15, 0.2) is 73.3 Å². The molecule has 0 bridgehead atoms. The van der Waals surface area contributed by atoms with Gasteiger partial charge in [-0.15, -0.1) is 6.58 Å². The zero-order chi connectivity index (χ0) is 27.0. The molecule has 0 radical (unpaired) electrons. The van der Waals surface area contributed by atoms with Gasteiger partial charge in [0, 0.05) is 13.2 Å². The van der Waals surface area contributed by atoms with E-state index in [2.05, 4.69) is 94.9 Å². The molecule has 2 aromatic rings. The lowest BCUT2D eigenvalue weighted by Gasteiger charge is -2.45. The molecule has 206 valence electrons. The van der Waals surface area contributed by atoms with Crippen LogP contribution in [0.4, 0.5) is 0 Å². The van der Waals surface area contributed by atoms with Crippen LogP contribution in [0.5, 0.6) is 0 Å². The van der Waals surface area contributed by atoms with Crippen LogP contribution in [0.3, 0.4) is 0 Å². The van der Waals surface area contributed by atoms with Crippen molar-refractivity contribution in [3.63, 3.8) is 0 Å². The highest BCUT2D eigenvalue weighted by Crippen LogP contribution is 2.38. The minimum absolute atomic E-state index is 0.0285. The number of ether oxygens (including phenoxy) is 2. The molecule has 2 atom stereocenters. The van der Waals surface area contributed by atoms with Crippen molar-refractivity contribution in [2.45, 2.75) is 109 Å². The van der Waals surface area contributed by atoms with E-state index in [4.69, 9.17) is 13.9 Å². The Hall–Kier alpha value is -1.72. The second kappa shape index (κ2) is 17.0. The topological polar surface area (TPSA) is 27.7 Å². The van der Waals surface area contributed by atoms with Crippen LogP contribution in [0.2, 0.25) is 5.04 Å². The first kappa shape index (κ1) is 31.5. The lowest BCUT2D eigenvalue weighted by atomic mass is 10.0. The summed E-state index contributed by atoms with van der Waals surface area (Å²) in [7, 11) is -0.935. The number of benzene rings is 2. The van der Waals surface area contributed by atoms with Gasteiger partial charge in [-0.2, -0.15) is 0 Å². The Kier molecular flexibility index (Phi) is 14.5. The molecular formula is C33H52O3Si. The first-order valence-electron chi connectivity index (χ1n) is 14.4. The van der Waals surface area contributed by atoms with Gasteiger partial charge in [-0.3, -0.25) is 0 Å². The number of rotatable bonds is 19.